The molecule has 36 heavy (non-hydrogen) atoms. The van der Waals surface area contributed by atoms with E-state index in [0.717, 1.165) is 0 Å². The fourth-order valence-corrected chi connectivity index (χ4v) is 4.95. The van der Waals surface area contributed by atoms with Crippen LogP contribution in [0.1, 0.15) is 41.6 Å². The first-order valence-electron chi connectivity index (χ1n) is 12.5. The Kier molecular flexibility index (Phi) is 10.1. The Labute approximate surface area is 211 Å². The summed E-state index contributed by atoms with van der Waals surface area (Å²) in [5, 5.41) is 8.84. The number of nitrogens with zero attached hydrogens (tertiary/aromatic N) is 5. The Morgan fingerprint density at radius 3 is 2.56 bits per heavy atom. The van der Waals surface area contributed by atoms with Crippen molar-refractivity contribution in [3.8, 4) is 0 Å². The van der Waals surface area contributed by atoms with Crippen molar-refractivity contribution in [3.05, 3.63) is 12.7 Å². The third-order valence-corrected chi connectivity index (χ3v) is 6.89. The van der Waals surface area contributed by atoms with Crippen LogP contribution in [0.3, 0.4) is 0 Å². The van der Waals surface area contributed by atoms with E-state index >= 15 is 0 Å². The van der Waals surface area contributed by atoms with Gasteiger partial charge in [-0.25, -0.2) is 24.1 Å². The number of aliphatic hydroxyl groups excluding tert-OH is 1. The van der Waals surface area contributed by atoms with E-state index in [0.29, 0.717) is 56.1 Å². The average Bonchev–Trinajstić information content (AvgIpc) is 3.27. The molecular formula is C19H33N5O10P2. The lowest BCUT2D eigenvalue weighted by Crippen LogP contribution is -2.37. The van der Waals surface area contributed by atoms with Gasteiger partial charge in [-0.05, 0) is 19.3 Å². The number of rotatable bonds is 16. The van der Waals surface area contributed by atoms with Gasteiger partial charge in [-0.1, -0.05) is 13.3 Å². The van der Waals surface area contributed by atoms with Crippen molar-refractivity contribution in [2.24, 2.45) is 0 Å². The highest BCUT2D eigenvalue weighted by Gasteiger charge is 2.29. The number of hydrogen-bond acceptors (Lipinski definition) is 12. The van der Waals surface area contributed by atoms with Crippen molar-refractivity contribution in [1.82, 2.24) is 19.5 Å². The van der Waals surface area contributed by atoms with Crippen molar-refractivity contribution in [3.63, 3.8) is 0 Å². The van der Waals surface area contributed by atoms with Gasteiger partial charge in [0.25, 0.3) is 0 Å². The molecule has 0 radical (unpaired) electrons. The van der Waals surface area contributed by atoms with Crippen molar-refractivity contribution in [2.75, 3.05) is 57.6 Å². The molecule has 0 aliphatic carbocycles. The average molecular weight is 557 g/mol. The van der Waals surface area contributed by atoms with E-state index < -0.39 is 48.3 Å². The van der Waals surface area contributed by atoms with Gasteiger partial charge in [-0.3, -0.25) is 22.7 Å². The lowest BCUT2D eigenvalue weighted by Gasteiger charge is -2.27. The number of aliphatic hydroxyl groups is 1. The number of morpholine rings is 1. The van der Waals surface area contributed by atoms with Gasteiger partial charge in [0, 0.05) is 19.7 Å². The van der Waals surface area contributed by atoms with Gasteiger partial charge >= 0.3 is 15.6 Å². The van der Waals surface area contributed by atoms with Gasteiger partial charge in [-0.15, -0.1) is 0 Å². The van der Waals surface area contributed by atoms with Crippen LogP contribution < -0.4 is 4.90 Å². The van der Waals surface area contributed by atoms with Gasteiger partial charge < -0.3 is 24.5 Å². The van der Waals surface area contributed by atoms with Crippen LogP contribution in [0.25, 0.3) is 11.2 Å². The zero-order chi connectivity index (χ0) is 27.8. The second-order valence-electron chi connectivity index (χ2n) is 7.61. The Bertz CT molecular complexity index is 1120. The van der Waals surface area contributed by atoms with E-state index in [9.17, 15) is 18.9 Å². The van der Waals surface area contributed by atoms with Crippen molar-refractivity contribution < 1.29 is 49.6 Å². The molecule has 5 unspecified atom stereocenters. The summed E-state index contributed by atoms with van der Waals surface area (Å²) in [5.41, 5.74) is 0.922. The van der Waals surface area contributed by atoms with Crippen LogP contribution in [0.2, 0.25) is 0 Å². The van der Waals surface area contributed by atoms with E-state index in [2.05, 4.69) is 24.0 Å². The minimum atomic E-state index is -4.64. The molecule has 1 aliphatic rings. The fraction of sp³-hybridized carbons (Fsp3) is 0.737. The summed E-state index contributed by atoms with van der Waals surface area (Å²) in [6, 6.07) is 0. The molecule has 15 nitrogen and oxygen atoms in total. The Hall–Kier alpha value is -1.51. The third kappa shape index (κ3) is 8.52. The smallest absolute Gasteiger partial charge is 0.396 e. The molecule has 3 rings (SSSR count). The van der Waals surface area contributed by atoms with Crippen LogP contribution in [0, 0.1) is 0 Å². The highest BCUT2D eigenvalue weighted by molar-refractivity contribution is 7.47. The summed E-state index contributed by atoms with van der Waals surface area (Å²) in [6.45, 7) is 0.234. The molecule has 204 valence electrons. The van der Waals surface area contributed by atoms with Crippen LogP contribution in [0.5, 0.6) is 0 Å². The van der Waals surface area contributed by atoms with Gasteiger partial charge in [0.05, 0.1) is 42.1 Å². The largest absolute Gasteiger partial charge is 0.474 e. The van der Waals surface area contributed by atoms with Crippen LogP contribution in [0.4, 0.5) is 5.82 Å². The maximum atomic E-state index is 12.7. The number of phosphoric acid groups is 2. The second-order valence-corrected chi connectivity index (χ2v) is 10.4. The molecule has 3 heterocycles. The number of hydrogen-bond donors (Lipinski definition) is 3. The van der Waals surface area contributed by atoms with Gasteiger partial charge in [-0.2, -0.15) is 0 Å². The highest BCUT2D eigenvalue weighted by Crippen LogP contribution is 2.48. The lowest BCUT2D eigenvalue weighted by atomic mass is 10.3. The van der Waals surface area contributed by atoms with E-state index in [-0.39, 0.29) is 12.8 Å². The number of imidazole rings is 1. The molecule has 0 aromatic carbocycles. The third-order valence-electron chi connectivity index (χ3n) is 4.95. The summed E-state index contributed by atoms with van der Waals surface area (Å²) in [6.07, 6.45) is 2.24. The highest BCUT2D eigenvalue weighted by atomic mass is 31.2. The molecule has 1 aliphatic heterocycles. The first-order valence-corrected chi connectivity index (χ1v) is 14.3. The predicted molar refractivity (Wildman–Crippen MR) is 127 cm³/mol. The molecule has 17 heteroatoms. The van der Waals surface area contributed by atoms with E-state index in [1.165, 1.54) is 17.2 Å². The topological polar surface area (TPSA) is 188 Å². The van der Waals surface area contributed by atoms with Gasteiger partial charge in [0.15, 0.2) is 17.0 Å². The molecule has 1 fully saturated rings. The number of anilines is 1. The van der Waals surface area contributed by atoms with Crippen molar-refractivity contribution >= 4 is 32.6 Å². The number of fused-ring (bicyclic) bond motifs is 1. The standard InChI is InChI=1S/C19H33N5O10P2/c1-2-5-16(34-36(28,29)33-11-4-10-32-35(26,27)31-9-3-8-25)24-15-22-17-18(20-14-21-19(17)24)23-6-12-30-13-7-23/h14-16,25H,2-13H2,1H3,(H,26,27)(H,28,29)/i8T,10T. The minimum absolute atomic E-state index is 0.226. The molecule has 0 saturated carbocycles. The van der Waals surface area contributed by atoms with E-state index in [1.807, 2.05) is 11.8 Å². The maximum absolute atomic E-state index is 12.7. The van der Waals surface area contributed by atoms with Crippen LogP contribution in [-0.2, 0) is 32.0 Å². The zero-order valence-corrected chi connectivity index (χ0v) is 21.6. The Morgan fingerprint density at radius 1 is 1.11 bits per heavy atom. The predicted octanol–water partition coefficient (Wildman–Crippen LogP) is 2.00. The molecule has 2 aromatic heterocycles. The molecular weight excluding hydrogens is 520 g/mol. The molecule has 3 N–H and O–H groups in total. The van der Waals surface area contributed by atoms with Crippen molar-refractivity contribution in [1.29, 1.82) is 0 Å². The molecule has 0 amide bonds. The molecule has 5 atom stereocenters. The molecule has 0 spiro atoms. The molecule has 2 aromatic rings. The monoisotopic (exact) mass is 557 g/mol. The minimum Gasteiger partial charge on any atom is -0.396 e. The Balaban J connectivity index is 1.59. The van der Waals surface area contributed by atoms with E-state index in [1.54, 1.807) is 0 Å². The SMILES string of the molecule is [3H]C(O)CCOP(=O)(O)OC([3H])CCOP(=O)(O)OC(CCC)n1cnc2c(N3CCOCC3)ncnc21. The first-order chi connectivity index (χ1) is 18.0. The fourth-order valence-electron chi connectivity index (χ4n) is 3.34. The summed E-state index contributed by atoms with van der Waals surface area (Å²) >= 11 is 0. The maximum Gasteiger partial charge on any atom is 0.474 e. The number of ether oxygens (including phenoxy) is 1. The second kappa shape index (κ2) is 13.9. The summed E-state index contributed by atoms with van der Waals surface area (Å²) in [5.74, 6) is 0.623. The van der Waals surface area contributed by atoms with Crippen LogP contribution >= 0.6 is 15.6 Å². The molecule has 0 bridgehead atoms. The van der Waals surface area contributed by atoms with E-state index in [4.69, 9.17) is 21.6 Å². The lowest BCUT2D eigenvalue weighted by molar-refractivity contribution is 0.0574. The van der Waals surface area contributed by atoms with Crippen LogP contribution in [0.15, 0.2) is 12.7 Å². The summed E-state index contributed by atoms with van der Waals surface area (Å²) in [7, 11) is -9.26. The molecule has 1 saturated heterocycles. The number of aromatic nitrogens is 4. The summed E-state index contributed by atoms with van der Waals surface area (Å²) in [4.78, 5) is 35.0. The van der Waals surface area contributed by atoms with Gasteiger partial charge in [0.1, 0.15) is 12.6 Å². The quantitative estimate of drug-likeness (QED) is 0.254. The van der Waals surface area contributed by atoms with Crippen molar-refractivity contribution in [2.45, 2.75) is 38.8 Å². The van der Waals surface area contributed by atoms with Crippen LogP contribution in [-0.4, -0.2) is 87.1 Å². The van der Waals surface area contributed by atoms with Gasteiger partial charge in [0.2, 0.25) is 0 Å². The first kappa shape index (κ1) is 26.1. The summed E-state index contributed by atoms with van der Waals surface area (Å²) < 4.78 is 65.6. The number of phosphoric ester groups is 2. The zero-order valence-electron chi connectivity index (χ0n) is 21.8. The normalized spacial score (nSPS) is 21.3. The Morgan fingerprint density at radius 2 is 1.83 bits per heavy atom.